The number of nitrogens with zero attached hydrogens (tertiary/aromatic N) is 2. The summed E-state index contributed by atoms with van der Waals surface area (Å²) >= 11 is 0. The fraction of sp³-hybridized carbons (Fsp3) is 0.429. The maximum absolute atomic E-state index is 8.37. The van der Waals surface area contributed by atoms with E-state index in [0.29, 0.717) is 6.42 Å². The Morgan fingerprint density at radius 2 is 2.30 bits per heavy atom. The van der Waals surface area contributed by atoms with E-state index in [0.717, 1.165) is 17.0 Å². The van der Waals surface area contributed by atoms with Crippen LogP contribution in [0.1, 0.15) is 17.0 Å². The zero-order valence-electron chi connectivity index (χ0n) is 6.01. The molecule has 0 aliphatic heterocycles. The zero-order chi connectivity index (χ0) is 7.56. The van der Waals surface area contributed by atoms with Crippen molar-refractivity contribution in [1.29, 1.82) is 5.26 Å². The van der Waals surface area contributed by atoms with Gasteiger partial charge in [0, 0.05) is 5.56 Å². The summed E-state index contributed by atoms with van der Waals surface area (Å²) in [5, 5.41) is 12.1. The van der Waals surface area contributed by atoms with Crippen molar-refractivity contribution in [2.24, 2.45) is 0 Å². The summed E-state index contributed by atoms with van der Waals surface area (Å²) in [6.07, 6.45) is 0.390. The molecule has 3 nitrogen and oxygen atoms in total. The topological polar surface area (TPSA) is 49.8 Å². The first kappa shape index (κ1) is 6.81. The molecular weight excluding hydrogens is 128 g/mol. The van der Waals surface area contributed by atoms with Crippen molar-refractivity contribution < 1.29 is 4.52 Å². The Hall–Kier alpha value is -1.30. The van der Waals surface area contributed by atoms with Gasteiger partial charge in [-0.25, -0.2) is 0 Å². The van der Waals surface area contributed by atoms with Crippen molar-refractivity contribution in [3.8, 4) is 6.07 Å². The van der Waals surface area contributed by atoms with Crippen LogP contribution in [-0.4, -0.2) is 5.16 Å². The summed E-state index contributed by atoms with van der Waals surface area (Å²) in [6, 6.07) is 2.05. The maximum atomic E-state index is 8.37. The van der Waals surface area contributed by atoms with Gasteiger partial charge in [0.25, 0.3) is 0 Å². The number of nitriles is 1. The standard InChI is InChI=1S/C7H8N2O/c1-5-7(3-4-8)6(2)10-9-5/h3H2,1-2H3. The van der Waals surface area contributed by atoms with Crippen LogP contribution in [0, 0.1) is 25.2 Å². The lowest BCUT2D eigenvalue weighted by Gasteiger charge is -1.86. The monoisotopic (exact) mass is 136 g/mol. The molecule has 0 saturated carbocycles. The third-order valence-corrected chi connectivity index (χ3v) is 1.44. The van der Waals surface area contributed by atoms with Crippen molar-refractivity contribution >= 4 is 0 Å². The molecule has 0 aromatic carbocycles. The molecule has 1 heterocycles. The van der Waals surface area contributed by atoms with Gasteiger partial charge in [0.1, 0.15) is 5.76 Å². The predicted molar refractivity (Wildman–Crippen MR) is 35.3 cm³/mol. The van der Waals surface area contributed by atoms with E-state index in [1.807, 2.05) is 13.8 Å². The average molecular weight is 136 g/mol. The normalized spacial score (nSPS) is 9.30. The number of hydrogen-bond acceptors (Lipinski definition) is 3. The van der Waals surface area contributed by atoms with Crippen LogP contribution >= 0.6 is 0 Å². The van der Waals surface area contributed by atoms with Gasteiger partial charge >= 0.3 is 0 Å². The Morgan fingerprint density at radius 1 is 1.60 bits per heavy atom. The Kier molecular flexibility index (Phi) is 1.72. The molecule has 10 heavy (non-hydrogen) atoms. The molecule has 0 aliphatic rings. The lowest BCUT2D eigenvalue weighted by atomic mass is 10.1. The Bertz CT molecular complexity index is 250. The molecule has 1 rings (SSSR count). The first-order chi connectivity index (χ1) is 4.75. The van der Waals surface area contributed by atoms with Gasteiger partial charge in [0.15, 0.2) is 0 Å². The van der Waals surface area contributed by atoms with Gasteiger partial charge in [0.05, 0.1) is 18.2 Å². The molecular formula is C7H8N2O. The van der Waals surface area contributed by atoms with Gasteiger partial charge < -0.3 is 4.52 Å². The minimum Gasteiger partial charge on any atom is -0.361 e. The highest BCUT2D eigenvalue weighted by Crippen LogP contribution is 2.11. The summed E-state index contributed by atoms with van der Waals surface area (Å²) in [5.41, 5.74) is 1.74. The number of hydrogen-bond donors (Lipinski definition) is 0. The molecule has 0 atom stereocenters. The van der Waals surface area contributed by atoms with E-state index in [1.165, 1.54) is 0 Å². The number of aromatic nitrogens is 1. The van der Waals surface area contributed by atoms with Gasteiger partial charge in [-0.3, -0.25) is 0 Å². The van der Waals surface area contributed by atoms with Gasteiger partial charge in [-0.1, -0.05) is 5.16 Å². The summed E-state index contributed by atoms with van der Waals surface area (Å²) < 4.78 is 4.85. The van der Waals surface area contributed by atoms with Crippen LogP contribution < -0.4 is 0 Å². The summed E-state index contributed by atoms with van der Waals surface area (Å²) in [4.78, 5) is 0. The largest absolute Gasteiger partial charge is 0.361 e. The quantitative estimate of drug-likeness (QED) is 0.585. The zero-order valence-corrected chi connectivity index (χ0v) is 6.01. The number of aryl methyl sites for hydroxylation is 2. The highest BCUT2D eigenvalue weighted by Gasteiger charge is 2.06. The van der Waals surface area contributed by atoms with Crippen molar-refractivity contribution in [3.63, 3.8) is 0 Å². The second-order valence-corrected chi connectivity index (χ2v) is 2.14. The SMILES string of the molecule is Cc1noc(C)c1CC#N. The molecule has 1 aromatic heterocycles. The molecule has 0 bridgehead atoms. The first-order valence-corrected chi connectivity index (χ1v) is 3.04. The van der Waals surface area contributed by atoms with Crippen LogP contribution in [0.3, 0.4) is 0 Å². The predicted octanol–water partition coefficient (Wildman–Crippen LogP) is 1.36. The Labute approximate surface area is 59.2 Å². The van der Waals surface area contributed by atoms with Crippen LogP contribution in [0.2, 0.25) is 0 Å². The Morgan fingerprint density at radius 3 is 2.70 bits per heavy atom. The molecule has 0 saturated heterocycles. The molecule has 0 N–H and O–H groups in total. The van der Waals surface area contributed by atoms with Gasteiger partial charge in [-0.05, 0) is 13.8 Å². The molecule has 1 aromatic rings. The minimum absolute atomic E-state index is 0.390. The maximum Gasteiger partial charge on any atom is 0.138 e. The lowest BCUT2D eigenvalue weighted by molar-refractivity contribution is 0.392. The Balaban J connectivity index is 3.01. The second-order valence-electron chi connectivity index (χ2n) is 2.14. The van der Waals surface area contributed by atoms with E-state index < -0.39 is 0 Å². The molecule has 0 unspecified atom stereocenters. The average Bonchev–Trinajstić information content (AvgIpc) is 2.20. The highest BCUT2D eigenvalue weighted by molar-refractivity contribution is 5.23. The summed E-state index contributed by atoms with van der Waals surface area (Å²) in [5.74, 6) is 0.749. The lowest BCUT2D eigenvalue weighted by Crippen LogP contribution is -1.84. The molecule has 52 valence electrons. The van der Waals surface area contributed by atoms with Gasteiger partial charge in [0.2, 0.25) is 0 Å². The fourth-order valence-corrected chi connectivity index (χ4v) is 0.833. The van der Waals surface area contributed by atoms with Crippen LogP contribution in [0.4, 0.5) is 0 Å². The van der Waals surface area contributed by atoms with E-state index >= 15 is 0 Å². The smallest absolute Gasteiger partial charge is 0.138 e. The van der Waals surface area contributed by atoms with Crippen LogP contribution in [0.5, 0.6) is 0 Å². The van der Waals surface area contributed by atoms with E-state index in [1.54, 1.807) is 0 Å². The molecule has 3 heteroatoms. The third-order valence-electron chi connectivity index (χ3n) is 1.44. The molecule has 0 radical (unpaired) electrons. The third kappa shape index (κ3) is 1.01. The van der Waals surface area contributed by atoms with Crippen molar-refractivity contribution in [3.05, 3.63) is 17.0 Å². The minimum atomic E-state index is 0.390. The molecule has 0 spiro atoms. The van der Waals surface area contributed by atoms with Crippen LogP contribution in [-0.2, 0) is 6.42 Å². The van der Waals surface area contributed by atoms with Gasteiger partial charge in [-0.15, -0.1) is 0 Å². The molecule has 0 amide bonds. The van der Waals surface area contributed by atoms with Crippen molar-refractivity contribution in [2.45, 2.75) is 20.3 Å². The fourth-order valence-electron chi connectivity index (χ4n) is 0.833. The van der Waals surface area contributed by atoms with Crippen LogP contribution in [0.25, 0.3) is 0 Å². The second kappa shape index (κ2) is 2.53. The first-order valence-electron chi connectivity index (χ1n) is 3.04. The van der Waals surface area contributed by atoms with Crippen LogP contribution in [0.15, 0.2) is 4.52 Å². The molecule has 0 aliphatic carbocycles. The number of rotatable bonds is 1. The van der Waals surface area contributed by atoms with E-state index in [-0.39, 0.29) is 0 Å². The summed E-state index contributed by atoms with van der Waals surface area (Å²) in [6.45, 7) is 3.65. The van der Waals surface area contributed by atoms with E-state index in [2.05, 4.69) is 11.2 Å². The highest BCUT2D eigenvalue weighted by atomic mass is 16.5. The van der Waals surface area contributed by atoms with E-state index in [9.17, 15) is 0 Å². The van der Waals surface area contributed by atoms with Gasteiger partial charge in [-0.2, -0.15) is 5.26 Å². The van der Waals surface area contributed by atoms with Crippen molar-refractivity contribution in [2.75, 3.05) is 0 Å². The van der Waals surface area contributed by atoms with Crippen molar-refractivity contribution in [1.82, 2.24) is 5.16 Å². The summed E-state index contributed by atoms with van der Waals surface area (Å²) in [7, 11) is 0. The molecule has 0 fully saturated rings. The van der Waals surface area contributed by atoms with E-state index in [4.69, 9.17) is 9.78 Å².